The van der Waals surface area contributed by atoms with E-state index in [0.29, 0.717) is 22.7 Å². The summed E-state index contributed by atoms with van der Waals surface area (Å²) >= 11 is 3.35. The molecule has 2 rings (SSSR count). The number of halogens is 1. The Morgan fingerprint density at radius 2 is 2.05 bits per heavy atom. The molecule has 1 aromatic rings. The van der Waals surface area contributed by atoms with Crippen molar-refractivity contribution in [2.45, 2.75) is 33.6 Å². The van der Waals surface area contributed by atoms with Gasteiger partial charge in [-0.05, 0) is 46.2 Å². The molecule has 1 fully saturated rings. The lowest BCUT2D eigenvalue weighted by molar-refractivity contribution is 0.0609. The highest BCUT2D eigenvalue weighted by Crippen LogP contribution is 2.34. The molecule has 0 saturated carbocycles. The quantitative estimate of drug-likeness (QED) is 0.632. The molecule has 1 aliphatic rings. The molecule has 1 amide bonds. The Morgan fingerprint density at radius 1 is 1.43 bits per heavy atom. The molecule has 0 unspecified atom stereocenters. The van der Waals surface area contributed by atoms with Crippen LogP contribution in [0, 0.1) is 11.3 Å². The van der Waals surface area contributed by atoms with E-state index in [-0.39, 0.29) is 5.91 Å². The van der Waals surface area contributed by atoms with Crippen molar-refractivity contribution in [3.63, 3.8) is 0 Å². The molecule has 116 valence electrons. The fourth-order valence-electron chi connectivity index (χ4n) is 2.84. The molecule has 21 heavy (non-hydrogen) atoms. The first kappa shape index (κ1) is 16.2. The van der Waals surface area contributed by atoms with Crippen LogP contribution in [0.25, 0.3) is 0 Å². The minimum atomic E-state index is -0.0101. The topological polar surface area (TPSA) is 71.2 Å². The van der Waals surface area contributed by atoms with Crippen molar-refractivity contribution in [2.24, 2.45) is 17.2 Å². The predicted octanol–water partition coefficient (Wildman–Crippen LogP) is 3.03. The summed E-state index contributed by atoms with van der Waals surface area (Å²) in [5.74, 6) is 6.52. The van der Waals surface area contributed by atoms with E-state index in [9.17, 15) is 4.79 Å². The minimum absolute atomic E-state index is 0.0101. The second-order valence-electron chi connectivity index (χ2n) is 6.63. The molecule has 0 atom stereocenters. The van der Waals surface area contributed by atoms with Gasteiger partial charge in [-0.1, -0.05) is 20.8 Å². The molecule has 1 saturated heterocycles. The van der Waals surface area contributed by atoms with Gasteiger partial charge in [-0.2, -0.15) is 0 Å². The van der Waals surface area contributed by atoms with Crippen LogP contribution >= 0.6 is 15.9 Å². The lowest BCUT2D eigenvalue weighted by Gasteiger charge is -2.38. The number of hydrogen-bond acceptors (Lipinski definition) is 4. The van der Waals surface area contributed by atoms with Crippen molar-refractivity contribution in [1.82, 2.24) is 9.88 Å². The summed E-state index contributed by atoms with van der Waals surface area (Å²) < 4.78 is 0.773. The number of pyridine rings is 1. The fourth-order valence-corrected chi connectivity index (χ4v) is 3.17. The number of carbonyl (C=O) groups is 1. The van der Waals surface area contributed by atoms with Gasteiger partial charge in [0.15, 0.2) is 5.82 Å². The third-order valence-corrected chi connectivity index (χ3v) is 4.66. The second kappa shape index (κ2) is 6.32. The molecule has 2 heterocycles. The van der Waals surface area contributed by atoms with Crippen LogP contribution in [0.5, 0.6) is 0 Å². The maximum atomic E-state index is 12.7. The van der Waals surface area contributed by atoms with E-state index >= 15 is 0 Å². The zero-order valence-corrected chi connectivity index (χ0v) is 14.4. The Hall–Kier alpha value is -1.14. The van der Waals surface area contributed by atoms with Crippen LogP contribution in [0.2, 0.25) is 0 Å². The average molecular weight is 355 g/mol. The van der Waals surface area contributed by atoms with Crippen LogP contribution in [0.4, 0.5) is 5.82 Å². The maximum Gasteiger partial charge on any atom is 0.257 e. The summed E-state index contributed by atoms with van der Waals surface area (Å²) in [7, 11) is 0. The molecular formula is C15H23BrN4O. The first-order valence-corrected chi connectivity index (χ1v) is 8.03. The number of likely N-dealkylation sites (tertiary alicyclic amines) is 1. The molecule has 1 aliphatic heterocycles. The van der Waals surface area contributed by atoms with Gasteiger partial charge in [0.1, 0.15) is 0 Å². The van der Waals surface area contributed by atoms with E-state index < -0.39 is 0 Å². The lowest BCUT2D eigenvalue weighted by atomic mass is 9.75. The number of anilines is 1. The van der Waals surface area contributed by atoms with E-state index in [0.717, 1.165) is 30.4 Å². The molecular weight excluding hydrogens is 332 g/mol. The smallest absolute Gasteiger partial charge is 0.257 e. The van der Waals surface area contributed by atoms with Crippen LogP contribution in [-0.2, 0) is 0 Å². The van der Waals surface area contributed by atoms with Crippen molar-refractivity contribution in [1.29, 1.82) is 0 Å². The van der Waals surface area contributed by atoms with Gasteiger partial charge in [-0.25, -0.2) is 10.8 Å². The number of nitrogen functional groups attached to an aromatic ring is 1. The average Bonchev–Trinajstić information content (AvgIpc) is 2.45. The molecule has 0 bridgehead atoms. The summed E-state index contributed by atoms with van der Waals surface area (Å²) in [6.07, 6.45) is 3.71. The Bertz CT molecular complexity index is 519. The van der Waals surface area contributed by atoms with Gasteiger partial charge in [-0.15, -0.1) is 0 Å². The van der Waals surface area contributed by atoms with Crippen molar-refractivity contribution in [3.8, 4) is 0 Å². The summed E-state index contributed by atoms with van der Waals surface area (Å²) in [4.78, 5) is 18.7. The van der Waals surface area contributed by atoms with E-state index in [1.165, 1.54) is 0 Å². The van der Waals surface area contributed by atoms with E-state index in [2.05, 4.69) is 47.1 Å². The van der Waals surface area contributed by atoms with Gasteiger partial charge >= 0.3 is 0 Å². The number of aromatic nitrogens is 1. The van der Waals surface area contributed by atoms with E-state index in [1.54, 1.807) is 12.3 Å². The van der Waals surface area contributed by atoms with Crippen LogP contribution in [0.15, 0.2) is 16.7 Å². The van der Waals surface area contributed by atoms with Crippen molar-refractivity contribution < 1.29 is 4.79 Å². The summed E-state index contributed by atoms with van der Waals surface area (Å²) in [6, 6.07) is 1.76. The number of hydrogen-bond donors (Lipinski definition) is 2. The third kappa shape index (κ3) is 3.74. The van der Waals surface area contributed by atoms with Crippen molar-refractivity contribution in [2.75, 3.05) is 18.5 Å². The number of carbonyl (C=O) groups excluding carboxylic acids is 1. The Morgan fingerprint density at radius 3 is 2.57 bits per heavy atom. The van der Waals surface area contributed by atoms with Crippen molar-refractivity contribution in [3.05, 3.63) is 22.3 Å². The number of piperidine rings is 1. The van der Waals surface area contributed by atoms with Crippen LogP contribution < -0.4 is 11.3 Å². The largest absolute Gasteiger partial charge is 0.339 e. The van der Waals surface area contributed by atoms with E-state index in [1.807, 2.05) is 4.90 Å². The number of rotatable bonds is 2. The van der Waals surface area contributed by atoms with Crippen molar-refractivity contribution >= 4 is 27.7 Å². The first-order valence-electron chi connectivity index (χ1n) is 7.24. The highest BCUT2D eigenvalue weighted by Gasteiger charge is 2.31. The van der Waals surface area contributed by atoms with Crippen LogP contribution in [0.1, 0.15) is 44.0 Å². The number of hydrazine groups is 1. The highest BCUT2D eigenvalue weighted by molar-refractivity contribution is 9.10. The molecule has 1 aromatic heterocycles. The SMILES string of the molecule is CC(C)(C)C1CCN(C(=O)c2cc(Br)cnc2NN)CC1. The summed E-state index contributed by atoms with van der Waals surface area (Å²) in [5.41, 5.74) is 3.31. The Balaban J connectivity index is 2.11. The zero-order chi connectivity index (χ0) is 15.6. The zero-order valence-electron chi connectivity index (χ0n) is 12.8. The minimum Gasteiger partial charge on any atom is -0.339 e. The van der Waals surface area contributed by atoms with Gasteiger partial charge in [0.05, 0.1) is 5.56 Å². The first-order chi connectivity index (χ1) is 9.82. The van der Waals surface area contributed by atoms with Gasteiger partial charge in [0.25, 0.3) is 5.91 Å². The predicted molar refractivity (Wildman–Crippen MR) is 87.8 cm³/mol. The number of nitrogens with zero attached hydrogens (tertiary/aromatic N) is 2. The Labute approximate surface area is 134 Å². The number of amides is 1. The maximum absolute atomic E-state index is 12.7. The van der Waals surface area contributed by atoms with Gasteiger partial charge < -0.3 is 10.3 Å². The van der Waals surface area contributed by atoms with Gasteiger partial charge in [-0.3, -0.25) is 4.79 Å². The monoisotopic (exact) mass is 354 g/mol. The summed E-state index contributed by atoms with van der Waals surface area (Å²) in [5, 5.41) is 0. The third-order valence-electron chi connectivity index (χ3n) is 4.23. The molecule has 0 spiro atoms. The highest BCUT2D eigenvalue weighted by atomic mass is 79.9. The fraction of sp³-hybridized carbons (Fsp3) is 0.600. The molecule has 6 heteroatoms. The standard InChI is InChI=1S/C15H23BrN4O/c1-15(2,3)10-4-6-20(7-5-10)14(21)12-8-11(16)9-18-13(12)19-17/h8-10H,4-7,17H2,1-3H3,(H,18,19). The number of nitrogens with one attached hydrogen (secondary N) is 1. The Kier molecular flexibility index (Phi) is 4.88. The second-order valence-corrected chi connectivity index (χ2v) is 7.54. The van der Waals surface area contributed by atoms with Crippen LogP contribution in [-0.4, -0.2) is 28.9 Å². The summed E-state index contributed by atoms with van der Waals surface area (Å²) in [6.45, 7) is 8.38. The van der Waals surface area contributed by atoms with E-state index in [4.69, 9.17) is 5.84 Å². The molecule has 0 aliphatic carbocycles. The molecule has 3 N–H and O–H groups in total. The normalized spacial score (nSPS) is 16.9. The van der Waals surface area contributed by atoms with Gasteiger partial charge in [0.2, 0.25) is 0 Å². The number of nitrogens with two attached hydrogens (primary N) is 1. The molecule has 0 radical (unpaired) electrons. The van der Waals surface area contributed by atoms with Gasteiger partial charge in [0, 0.05) is 23.8 Å². The lowest BCUT2D eigenvalue weighted by Crippen LogP contribution is -2.41. The van der Waals surface area contributed by atoms with Crippen LogP contribution in [0.3, 0.4) is 0 Å². The molecule has 0 aromatic carbocycles. The molecule has 5 nitrogen and oxygen atoms in total.